The second-order valence-electron chi connectivity index (χ2n) is 6.49. The van der Waals surface area contributed by atoms with Gasteiger partial charge in [-0.3, -0.25) is 4.90 Å². The fraction of sp³-hybridized carbons (Fsp3) is 1.00. The van der Waals surface area contributed by atoms with E-state index >= 15 is 0 Å². The third-order valence-electron chi connectivity index (χ3n) is 4.78. The van der Waals surface area contributed by atoms with Crippen LogP contribution in [0, 0.1) is 11.3 Å². The summed E-state index contributed by atoms with van der Waals surface area (Å²) in [7, 11) is 0. The van der Waals surface area contributed by atoms with Crippen molar-refractivity contribution in [2.24, 2.45) is 17.1 Å². The molecule has 2 rings (SSSR count). The third-order valence-corrected chi connectivity index (χ3v) is 4.78. The van der Waals surface area contributed by atoms with Crippen molar-refractivity contribution < 1.29 is 0 Å². The summed E-state index contributed by atoms with van der Waals surface area (Å²) in [6, 6.07) is 0.815. The Morgan fingerprint density at radius 2 is 2.00 bits per heavy atom. The molecule has 0 spiro atoms. The Morgan fingerprint density at radius 1 is 1.19 bits per heavy atom. The van der Waals surface area contributed by atoms with E-state index in [2.05, 4.69) is 18.7 Å². The quantitative estimate of drug-likeness (QED) is 0.781. The van der Waals surface area contributed by atoms with Crippen molar-refractivity contribution in [3.63, 3.8) is 0 Å². The van der Waals surface area contributed by atoms with Crippen LogP contribution in [-0.4, -0.2) is 30.6 Å². The molecule has 2 heteroatoms. The Kier molecular flexibility index (Phi) is 3.91. The molecule has 1 aliphatic heterocycles. The highest BCUT2D eigenvalue weighted by Crippen LogP contribution is 2.39. The van der Waals surface area contributed by atoms with Crippen LogP contribution in [0.15, 0.2) is 0 Å². The SMILES string of the molecule is CC1(C)CCCCC1N1CCCC(CN)C1. The molecule has 1 heterocycles. The number of nitrogens with zero attached hydrogens (tertiary/aromatic N) is 1. The summed E-state index contributed by atoms with van der Waals surface area (Å²) in [5.74, 6) is 0.756. The zero-order valence-electron chi connectivity index (χ0n) is 11.0. The zero-order chi connectivity index (χ0) is 11.6. The lowest BCUT2D eigenvalue weighted by atomic mass is 9.72. The van der Waals surface area contributed by atoms with Gasteiger partial charge in [0.1, 0.15) is 0 Å². The first kappa shape index (κ1) is 12.4. The molecule has 0 aromatic carbocycles. The van der Waals surface area contributed by atoms with E-state index in [0.29, 0.717) is 5.41 Å². The van der Waals surface area contributed by atoms with Crippen LogP contribution in [0.25, 0.3) is 0 Å². The van der Waals surface area contributed by atoms with Crippen molar-refractivity contribution in [3.8, 4) is 0 Å². The maximum atomic E-state index is 5.84. The fourth-order valence-electron chi connectivity index (χ4n) is 3.73. The Morgan fingerprint density at radius 3 is 2.69 bits per heavy atom. The number of likely N-dealkylation sites (tertiary alicyclic amines) is 1. The monoisotopic (exact) mass is 224 g/mol. The standard InChI is InChI=1S/C14H28N2/c1-14(2)8-4-3-7-13(14)16-9-5-6-12(10-15)11-16/h12-13H,3-11,15H2,1-2H3. The summed E-state index contributed by atoms with van der Waals surface area (Å²) in [6.07, 6.45) is 8.37. The van der Waals surface area contributed by atoms with Crippen molar-refractivity contribution in [1.82, 2.24) is 4.90 Å². The molecular weight excluding hydrogens is 196 g/mol. The van der Waals surface area contributed by atoms with Gasteiger partial charge in [0.25, 0.3) is 0 Å². The lowest BCUT2D eigenvalue weighted by molar-refractivity contribution is 0.0212. The average molecular weight is 224 g/mol. The normalized spacial score (nSPS) is 36.2. The zero-order valence-corrected chi connectivity index (χ0v) is 11.0. The molecule has 2 unspecified atom stereocenters. The van der Waals surface area contributed by atoms with Gasteiger partial charge in [-0.1, -0.05) is 26.7 Å². The van der Waals surface area contributed by atoms with Gasteiger partial charge in [-0.15, -0.1) is 0 Å². The van der Waals surface area contributed by atoms with Crippen molar-refractivity contribution >= 4 is 0 Å². The molecule has 0 aromatic rings. The van der Waals surface area contributed by atoms with Crippen LogP contribution in [0.1, 0.15) is 52.4 Å². The summed E-state index contributed by atoms with van der Waals surface area (Å²) in [6.45, 7) is 8.37. The molecule has 2 fully saturated rings. The van der Waals surface area contributed by atoms with Gasteiger partial charge in [-0.2, -0.15) is 0 Å². The minimum atomic E-state index is 0.523. The lowest BCUT2D eigenvalue weighted by Gasteiger charge is -2.48. The topological polar surface area (TPSA) is 29.3 Å². The highest BCUT2D eigenvalue weighted by molar-refractivity contribution is 4.91. The van der Waals surface area contributed by atoms with Crippen LogP contribution in [0.3, 0.4) is 0 Å². The molecule has 0 aromatic heterocycles. The van der Waals surface area contributed by atoms with Gasteiger partial charge in [-0.05, 0) is 50.1 Å². The van der Waals surface area contributed by atoms with Crippen molar-refractivity contribution in [1.29, 1.82) is 0 Å². The summed E-state index contributed by atoms with van der Waals surface area (Å²) in [5, 5.41) is 0. The third kappa shape index (κ3) is 2.60. The van der Waals surface area contributed by atoms with Crippen molar-refractivity contribution in [2.45, 2.75) is 58.4 Å². The first-order valence-corrected chi connectivity index (χ1v) is 7.07. The first-order chi connectivity index (χ1) is 7.63. The second-order valence-corrected chi connectivity index (χ2v) is 6.49. The predicted molar refractivity (Wildman–Crippen MR) is 69.4 cm³/mol. The van der Waals surface area contributed by atoms with Crippen molar-refractivity contribution in [3.05, 3.63) is 0 Å². The van der Waals surface area contributed by atoms with Crippen LogP contribution < -0.4 is 5.73 Å². The van der Waals surface area contributed by atoms with E-state index in [0.717, 1.165) is 18.5 Å². The number of piperidine rings is 1. The van der Waals surface area contributed by atoms with Gasteiger partial charge in [0.15, 0.2) is 0 Å². The van der Waals surface area contributed by atoms with E-state index in [1.807, 2.05) is 0 Å². The fourth-order valence-corrected chi connectivity index (χ4v) is 3.73. The molecule has 1 aliphatic carbocycles. The Hall–Kier alpha value is -0.0800. The predicted octanol–water partition coefficient (Wildman–Crippen LogP) is 2.63. The Balaban J connectivity index is 1.99. The highest BCUT2D eigenvalue weighted by atomic mass is 15.2. The van der Waals surface area contributed by atoms with E-state index in [4.69, 9.17) is 5.73 Å². The first-order valence-electron chi connectivity index (χ1n) is 7.07. The molecule has 2 N–H and O–H groups in total. The summed E-state index contributed by atoms with van der Waals surface area (Å²) >= 11 is 0. The van der Waals surface area contributed by atoms with Gasteiger partial charge in [0.05, 0.1) is 0 Å². The molecule has 1 saturated heterocycles. The van der Waals surface area contributed by atoms with Crippen LogP contribution in [-0.2, 0) is 0 Å². The van der Waals surface area contributed by atoms with E-state index in [-0.39, 0.29) is 0 Å². The molecule has 16 heavy (non-hydrogen) atoms. The van der Waals surface area contributed by atoms with Gasteiger partial charge in [0.2, 0.25) is 0 Å². The van der Waals surface area contributed by atoms with Crippen LogP contribution in [0.5, 0.6) is 0 Å². The highest BCUT2D eigenvalue weighted by Gasteiger charge is 2.37. The molecule has 2 nitrogen and oxygen atoms in total. The van der Waals surface area contributed by atoms with Gasteiger partial charge in [0, 0.05) is 12.6 Å². The van der Waals surface area contributed by atoms with E-state index in [1.54, 1.807) is 0 Å². The average Bonchev–Trinajstić information content (AvgIpc) is 2.28. The Bertz CT molecular complexity index is 225. The summed E-state index contributed by atoms with van der Waals surface area (Å²) in [5.41, 5.74) is 6.36. The molecule has 1 saturated carbocycles. The lowest BCUT2D eigenvalue weighted by Crippen LogP contribution is -2.51. The minimum absolute atomic E-state index is 0.523. The Labute approximate surface area is 101 Å². The van der Waals surface area contributed by atoms with Crippen molar-refractivity contribution in [2.75, 3.05) is 19.6 Å². The molecule has 0 radical (unpaired) electrons. The molecular formula is C14H28N2. The number of hydrogen-bond acceptors (Lipinski definition) is 2. The van der Waals surface area contributed by atoms with Crippen LogP contribution in [0.2, 0.25) is 0 Å². The van der Waals surface area contributed by atoms with Crippen LogP contribution >= 0.6 is 0 Å². The molecule has 2 atom stereocenters. The minimum Gasteiger partial charge on any atom is -0.330 e. The molecule has 2 aliphatic rings. The largest absolute Gasteiger partial charge is 0.330 e. The van der Waals surface area contributed by atoms with Gasteiger partial charge >= 0.3 is 0 Å². The van der Waals surface area contributed by atoms with E-state index < -0.39 is 0 Å². The smallest absolute Gasteiger partial charge is 0.0146 e. The summed E-state index contributed by atoms with van der Waals surface area (Å²) < 4.78 is 0. The van der Waals surface area contributed by atoms with Gasteiger partial charge < -0.3 is 5.73 Å². The second kappa shape index (κ2) is 5.05. The molecule has 94 valence electrons. The van der Waals surface area contributed by atoms with E-state index in [1.165, 1.54) is 51.6 Å². The van der Waals surface area contributed by atoms with Crippen LogP contribution in [0.4, 0.5) is 0 Å². The summed E-state index contributed by atoms with van der Waals surface area (Å²) in [4.78, 5) is 2.75. The number of nitrogens with two attached hydrogens (primary N) is 1. The number of hydrogen-bond donors (Lipinski definition) is 1. The maximum Gasteiger partial charge on any atom is 0.0146 e. The van der Waals surface area contributed by atoms with E-state index in [9.17, 15) is 0 Å². The molecule has 0 amide bonds. The number of rotatable bonds is 2. The maximum absolute atomic E-state index is 5.84. The molecule has 0 bridgehead atoms. The van der Waals surface area contributed by atoms with Gasteiger partial charge in [-0.25, -0.2) is 0 Å².